The number of esters is 1. The summed E-state index contributed by atoms with van der Waals surface area (Å²) in [5.74, 6) is -3.31. The molecule has 0 saturated carbocycles. The van der Waals surface area contributed by atoms with Crippen molar-refractivity contribution in [1.82, 2.24) is 0 Å². The van der Waals surface area contributed by atoms with Crippen LogP contribution in [0.5, 0.6) is 0 Å². The van der Waals surface area contributed by atoms with Crippen LogP contribution in [0, 0.1) is 11.6 Å². The minimum absolute atomic E-state index is 0.164. The lowest BCUT2D eigenvalue weighted by atomic mass is 10.2. The third-order valence-corrected chi connectivity index (χ3v) is 4.16. The van der Waals surface area contributed by atoms with Gasteiger partial charge in [-0.2, -0.15) is 0 Å². The van der Waals surface area contributed by atoms with E-state index >= 15 is 0 Å². The van der Waals surface area contributed by atoms with Crippen LogP contribution in [0.2, 0.25) is 0 Å². The van der Waals surface area contributed by atoms with Crippen LogP contribution in [0.25, 0.3) is 0 Å². The summed E-state index contributed by atoms with van der Waals surface area (Å²) in [6.45, 7) is 2.66. The van der Waals surface area contributed by atoms with E-state index in [1.807, 2.05) is 0 Å². The van der Waals surface area contributed by atoms with E-state index in [0.717, 1.165) is 29.5 Å². The number of amides is 1. The number of hydrogen-bond acceptors (Lipinski definition) is 5. The molecule has 0 aliphatic carbocycles. The second-order valence-corrected chi connectivity index (χ2v) is 5.96. The quantitative estimate of drug-likeness (QED) is 0.660. The van der Waals surface area contributed by atoms with Crippen molar-refractivity contribution in [2.45, 2.75) is 20.0 Å². The fourth-order valence-corrected chi connectivity index (χ4v) is 2.52. The van der Waals surface area contributed by atoms with Crippen molar-refractivity contribution in [3.63, 3.8) is 0 Å². The second kappa shape index (κ2) is 7.31. The molecule has 8 heteroatoms. The van der Waals surface area contributed by atoms with Crippen molar-refractivity contribution in [2.24, 2.45) is 0 Å². The third-order valence-electron chi connectivity index (χ3n) is 2.99. The first-order chi connectivity index (χ1) is 11.3. The minimum Gasteiger partial charge on any atom is -0.448 e. The Bertz CT molecular complexity index is 803. The molecule has 24 heavy (non-hydrogen) atoms. The van der Waals surface area contributed by atoms with Gasteiger partial charge in [-0.05, 0) is 38.1 Å². The van der Waals surface area contributed by atoms with Crippen LogP contribution in [0.4, 0.5) is 14.5 Å². The average Bonchev–Trinajstić information content (AvgIpc) is 3.01. The fourth-order valence-electron chi connectivity index (χ4n) is 1.74. The molecule has 1 amide bonds. The van der Waals surface area contributed by atoms with Crippen LogP contribution in [-0.4, -0.2) is 23.8 Å². The Labute approximate surface area is 140 Å². The van der Waals surface area contributed by atoms with Gasteiger partial charge in [0.05, 0.1) is 10.6 Å². The first-order valence-electron chi connectivity index (χ1n) is 6.85. The van der Waals surface area contributed by atoms with Crippen molar-refractivity contribution in [2.75, 3.05) is 5.32 Å². The van der Waals surface area contributed by atoms with Gasteiger partial charge in [-0.15, -0.1) is 11.3 Å². The van der Waals surface area contributed by atoms with Gasteiger partial charge in [0.1, 0.15) is 16.5 Å². The van der Waals surface area contributed by atoms with E-state index in [0.29, 0.717) is 4.88 Å². The lowest BCUT2D eigenvalue weighted by molar-refractivity contribution is -0.123. The Kier molecular flexibility index (Phi) is 5.40. The number of anilines is 1. The molecule has 5 nitrogen and oxygen atoms in total. The molecular weight excluding hydrogens is 340 g/mol. The smallest absolute Gasteiger partial charge is 0.349 e. The molecule has 0 aliphatic heterocycles. The van der Waals surface area contributed by atoms with Gasteiger partial charge in [0.15, 0.2) is 11.9 Å². The summed E-state index contributed by atoms with van der Waals surface area (Å²) in [6, 6.07) is 5.51. The Morgan fingerprint density at radius 2 is 1.79 bits per heavy atom. The zero-order valence-electron chi connectivity index (χ0n) is 12.8. The number of hydrogen-bond donors (Lipinski definition) is 1. The second-order valence-electron chi connectivity index (χ2n) is 4.88. The summed E-state index contributed by atoms with van der Waals surface area (Å²) in [4.78, 5) is 35.6. The van der Waals surface area contributed by atoms with Gasteiger partial charge in [0.25, 0.3) is 5.91 Å². The molecule has 1 heterocycles. The van der Waals surface area contributed by atoms with Gasteiger partial charge in [-0.1, -0.05) is 0 Å². The van der Waals surface area contributed by atoms with E-state index in [4.69, 9.17) is 4.74 Å². The standard InChI is InChI=1S/C16H13F2NO4S/c1-8(20)13-5-6-14(24-13)16(22)23-9(2)15(21)19-12-7-10(17)3-4-11(12)18/h3-7,9H,1-2H3,(H,19,21). The van der Waals surface area contributed by atoms with E-state index in [9.17, 15) is 23.2 Å². The Hall–Kier alpha value is -2.61. The number of ether oxygens (including phenoxy) is 1. The van der Waals surface area contributed by atoms with Crippen LogP contribution in [0.3, 0.4) is 0 Å². The van der Waals surface area contributed by atoms with Crippen LogP contribution < -0.4 is 5.32 Å². The minimum atomic E-state index is -1.23. The monoisotopic (exact) mass is 353 g/mol. The predicted octanol–water partition coefficient (Wildman–Crippen LogP) is 3.41. The largest absolute Gasteiger partial charge is 0.448 e. The number of halogens is 2. The van der Waals surface area contributed by atoms with Crippen LogP contribution >= 0.6 is 11.3 Å². The first kappa shape index (κ1) is 17.7. The molecule has 2 aromatic rings. The predicted molar refractivity (Wildman–Crippen MR) is 84.2 cm³/mol. The molecule has 126 valence electrons. The first-order valence-corrected chi connectivity index (χ1v) is 7.67. The number of nitrogens with one attached hydrogen (secondary N) is 1. The highest BCUT2D eigenvalue weighted by Crippen LogP contribution is 2.19. The number of carbonyl (C=O) groups is 3. The molecule has 1 N–H and O–H groups in total. The number of rotatable bonds is 5. The zero-order valence-corrected chi connectivity index (χ0v) is 13.6. The SMILES string of the molecule is CC(=O)c1ccc(C(=O)OC(C)C(=O)Nc2cc(F)ccc2F)s1. The van der Waals surface area contributed by atoms with E-state index in [1.165, 1.54) is 26.0 Å². The van der Waals surface area contributed by atoms with Crippen LogP contribution in [0.15, 0.2) is 30.3 Å². The van der Waals surface area contributed by atoms with Gasteiger partial charge in [0, 0.05) is 6.07 Å². The topological polar surface area (TPSA) is 72.5 Å². The highest BCUT2D eigenvalue weighted by atomic mass is 32.1. The summed E-state index contributed by atoms with van der Waals surface area (Å²) in [7, 11) is 0. The molecule has 0 fully saturated rings. The van der Waals surface area contributed by atoms with Crippen molar-refractivity contribution >= 4 is 34.7 Å². The fraction of sp³-hybridized carbons (Fsp3) is 0.188. The van der Waals surface area contributed by atoms with Crippen molar-refractivity contribution in [1.29, 1.82) is 0 Å². The van der Waals surface area contributed by atoms with Gasteiger partial charge < -0.3 is 10.1 Å². The summed E-state index contributed by atoms with van der Waals surface area (Å²) in [5, 5.41) is 2.15. The molecule has 0 aliphatic rings. The van der Waals surface area contributed by atoms with Crippen LogP contribution in [-0.2, 0) is 9.53 Å². The van der Waals surface area contributed by atoms with Crippen molar-refractivity contribution < 1.29 is 27.9 Å². The molecule has 1 unspecified atom stereocenters. The lowest BCUT2D eigenvalue weighted by Gasteiger charge is -2.13. The van der Waals surface area contributed by atoms with Crippen molar-refractivity contribution in [3.8, 4) is 0 Å². The number of benzene rings is 1. The van der Waals surface area contributed by atoms with Gasteiger partial charge >= 0.3 is 5.97 Å². The van der Waals surface area contributed by atoms with E-state index in [2.05, 4.69) is 5.32 Å². The number of thiophene rings is 1. The van der Waals surface area contributed by atoms with Gasteiger partial charge in [-0.25, -0.2) is 13.6 Å². The van der Waals surface area contributed by atoms with E-state index in [1.54, 1.807) is 0 Å². The third kappa shape index (κ3) is 4.23. The Morgan fingerprint density at radius 3 is 2.42 bits per heavy atom. The molecule has 0 radical (unpaired) electrons. The number of ketones is 1. The maximum Gasteiger partial charge on any atom is 0.349 e. The summed E-state index contributed by atoms with van der Waals surface area (Å²) >= 11 is 0.946. The number of Topliss-reactive ketones (excluding diaryl/α,β-unsaturated/α-hetero) is 1. The summed E-state index contributed by atoms with van der Waals surface area (Å²) in [5.41, 5.74) is -0.349. The molecule has 0 saturated heterocycles. The molecular formula is C16H13F2NO4S. The van der Waals surface area contributed by atoms with E-state index in [-0.39, 0.29) is 16.3 Å². The van der Waals surface area contributed by atoms with Crippen LogP contribution in [0.1, 0.15) is 33.2 Å². The lowest BCUT2D eigenvalue weighted by Crippen LogP contribution is -2.30. The molecule has 0 spiro atoms. The molecule has 1 atom stereocenters. The van der Waals surface area contributed by atoms with E-state index < -0.39 is 29.6 Å². The van der Waals surface area contributed by atoms with Gasteiger partial charge in [0.2, 0.25) is 0 Å². The highest BCUT2D eigenvalue weighted by Gasteiger charge is 2.21. The van der Waals surface area contributed by atoms with Crippen molar-refractivity contribution in [3.05, 3.63) is 51.7 Å². The molecule has 1 aromatic heterocycles. The molecule has 2 rings (SSSR count). The number of carbonyl (C=O) groups excluding carboxylic acids is 3. The average molecular weight is 353 g/mol. The van der Waals surface area contributed by atoms with Gasteiger partial charge in [-0.3, -0.25) is 9.59 Å². The Morgan fingerprint density at radius 1 is 1.12 bits per heavy atom. The summed E-state index contributed by atoms with van der Waals surface area (Å²) in [6.07, 6.45) is -1.23. The highest BCUT2D eigenvalue weighted by molar-refractivity contribution is 7.15. The molecule has 0 bridgehead atoms. The normalized spacial score (nSPS) is 11.7. The maximum absolute atomic E-state index is 13.5. The Balaban J connectivity index is 2.01. The zero-order chi connectivity index (χ0) is 17.9. The summed E-state index contributed by atoms with van der Waals surface area (Å²) < 4.78 is 31.5. The molecule has 1 aromatic carbocycles. The maximum atomic E-state index is 13.5.